The lowest BCUT2D eigenvalue weighted by Gasteiger charge is -2.34. The SMILES string of the molecule is CCCN1CCN(Cc2ccc(CC(=O)c3ccc(C)c(C#Cc4cnc5ccccn45)c3)cc2C)CC1. The normalized spacial score (nSPS) is 14.4. The molecule has 0 saturated carbocycles. The number of aromatic nitrogens is 2. The molecule has 2 aromatic carbocycles. The molecule has 1 aliphatic heterocycles. The lowest BCUT2D eigenvalue weighted by Crippen LogP contribution is -2.46. The van der Waals surface area contributed by atoms with Crippen LogP contribution in [0, 0.1) is 25.7 Å². The monoisotopic (exact) mass is 504 g/mol. The molecule has 0 radical (unpaired) electrons. The molecule has 1 fully saturated rings. The summed E-state index contributed by atoms with van der Waals surface area (Å²) in [6, 6.07) is 18.2. The molecular weight excluding hydrogens is 468 g/mol. The van der Waals surface area contributed by atoms with Gasteiger partial charge in [0, 0.05) is 56.5 Å². The highest BCUT2D eigenvalue weighted by molar-refractivity contribution is 5.98. The standard InChI is InChI=1S/C33H36N4O/c1-4-14-35-16-18-36(19-17-35)24-30-11-9-27(20-26(30)3)21-32(38)29-10-8-25(2)28(22-29)12-13-31-23-34-33-7-5-6-15-37(31)33/h5-11,15,20,22-23H,4,14,16-19,21,24H2,1-3H3. The summed E-state index contributed by atoms with van der Waals surface area (Å²) in [4.78, 5) is 22.7. The van der Waals surface area contributed by atoms with E-state index < -0.39 is 0 Å². The number of fused-ring (bicyclic) bond motifs is 1. The van der Waals surface area contributed by atoms with Crippen molar-refractivity contribution >= 4 is 11.4 Å². The van der Waals surface area contributed by atoms with Crippen molar-refractivity contribution in [2.75, 3.05) is 32.7 Å². The predicted molar refractivity (Wildman–Crippen MR) is 154 cm³/mol. The summed E-state index contributed by atoms with van der Waals surface area (Å²) >= 11 is 0. The van der Waals surface area contributed by atoms with Crippen LogP contribution >= 0.6 is 0 Å². The van der Waals surface area contributed by atoms with Gasteiger partial charge in [0.25, 0.3) is 0 Å². The summed E-state index contributed by atoms with van der Waals surface area (Å²) in [5, 5.41) is 0. The second-order valence-electron chi connectivity index (χ2n) is 10.3. The molecule has 0 spiro atoms. The molecule has 2 aromatic heterocycles. The molecule has 38 heavy (non-hydrogen) atoms. The first-order valence-electron chi connectivity index (χ1n) is 13.6. The van der Waals surface area contributed by atoms with Gasteiger partial charge in [0.1, 0.15) is 11.3 Å². The van der Waals surface area contributed by atoms with E-state index in [4.69, 9.17) is 0 Å². The fourth-order valence-corrected chi connectivity index (χ4v) is 5.15. The Hall–Kier alpha value is -3.72. The number of hydrogen-bond acceptors (Lipinski definition) is 4. The van der Waals surface area contributed by atoms with E-state index in [0.29, 0.717) is 12.0 Å². The number of carbonyl (C=O) groups is 1. The zero-order chi connectivity index (χ0) is 26.5. The third kappa shape index (κ3) is 6.05. The number of rotatable bonds is 7. The van der Waals surface area contributed by atoms with Crippen molar-refractivity contribution in [3.8, 4) is 11.8 Å². The molecule has 0 bridgehead atoms. The number of pyridine rings is 1. The van der Waals surface area contributed by atoms with Gasteiger partial charge in [-0.05, 0) is 73.2 Å². The van der Waals surface area contributed by atoms with Crippen LogP contribution in [0.25, 0.3) is 5.65 Å². The van der Waals surface area contributed by atoms with Crippen LogP contribution < -0.4 is 0 Å². The summed E-state index contributed by atoms with van der Waals surface area (Å²) in [5.74, 6) is 6.60. The molecule has 1 aliphatic rings. The maximum Gasteiger partial charge on any atom is 0.167 e. The van der Waals surface area contributed by atoms with Crippen LogP contribution in [0.15, 0.2) is 67.0 Å². The summed E-state index contributed by atoms with van der Waals surface area (Å²) in [5.41, 5.74) is 7.99. The molecule has 4 aromatic rings. The van der Waals surface area contributed by atoms with Crippen LogP contribution in [0.5, 0.6) is 0 Å². The third-order valence-electron chi connectivity index (χ3n) is 7.47. The largest absolute Gasteiger partial charge is 0.301 e. The fourth-order valence-electron chi connectivity index (χ4n) is 5.15. The second kappa shape index (κ2) is 11.8. The third-order valence-corrected chi connectivity index (χ3v) is 7.47. The second-order valence-corrected chi connectivity index (χ2v) is 10.3. The van der Waals surface area contributed by atoms with Gasteiger partial charge in [0.05, 0.1) is 6.20 Å². The fraction of sp³-hybridized carbons (Fsp3) is 0.333. The molecule has 5 nitrogen and oxygen atoms in total. The molecule has 0 aliphatic carbocycles. The lowest BCUT2D eigenvalue weighted by molar-refractivity contribution is 0.0993. The van der Waals surface area contributed by atoms with Crippen molar-refractivity contribution in [2.24, 2.45) is 0 Å². The van der Waals surface area contributed by atoms with Crippen molar-refractivity contribution < 1.29 is 4.79 Å². The number of imidazole rings is 1. The number of aryl methyl sites for hydroxylation is 2. The Balaban J connectivity index is 1.25. The Morgan fingerprint density at radius 1 is 0.921 bits per heavy atom. The minimum Gasteiger partial charge on any atom is -0.301 e. The first-order valence-corrected chi connectivity index (χ1v) is 13.6. The highest BCUT2D eigenvalue weighted by Crippen LogP contribution is 2.18. The van der Waals surface area contributed by atoms with E-state index in [1.54, 1.807) is 6.20 Å². The molecule has 5 heteroatoms. The highest BCUT2D eigenvalue weighted by atomic mass is 16.1. The van der Waals surface area contributed by atoms with Crippen molar-refractivity contribution in [1.82, 2.24) is 19.2 Å². The summed E-state index contributed by atoms with van der Waals surface area (Å²) < 4.78 is 1.97. The minimum atomic E-state index is 0.113. The van der Waals surface area contributed by atoms with Gasteiger partial charge in [-0.1, -0.05) is 49.2 Å². The van der Waals surface area contributed by atoms with Crippen molar-refractivity contribution in [2.45, 2.75) is 40.2 Å². The topological polar surface area (TPSA) is 40.8 Å². The number of benzene rings is 2. The molecule has 5 rings (SSSR count). The van der Waals surface area contributed by atoms with Crippen LogP contribution in [0.3, 0.4) is 0 Å². The zero-order valence-electron chi connectivity index (χ0n) is 22.7. The maximum atomic E-state index is 13.2. The molecule has 0 amide bonds. The molecule has 1 saturated heterocycles. The van der Waals surface area contributed by atoms with Gasteiger partial charge in [-0.25, -0.2) is 4.98 Å². The quantitative estimate of drug-likeness (QED) is 0.253. The Bertz CT molecular complexity index is 1500. The van der Waals surface area contributed by atoms with Gasteiger partial charge in [-0.3, -0.25) is 14.1 Å². The summed E-state index contributed by atoms with van der Waals surface area (Å²) in [7, 11) is 0. The van der Waals surface area contributed by atoms with E-state index >= 15 is 0 Å². The van der Waals surface area contributed by atoms with Crippen LogP contribution in [0.1, 0.15) is 57.2 Å². The van der Waals surface area contributed by atoms with E-state index in [9.17, 15) is 4.79 Å². The highest BCUT2D eigenvalue weighted by Gasteiger charge is 2.17. The van der Waals surface area contributed by atoms with Gasteiger partial charge in [-0.2, -0.15) is 0 Å². The molecule has 3 heterocycles. The number of nitrogens with zero attached hydrogens (tertiary/aromatic N) is 4. The average molecular weight is 505 g/mol. The molecular formula is C33H36N4O. The van der Waals surface area contributed by atoms with Crippen LogP contribution in [-0.4, -0.2) is 57.7 Å². The molecule has 0 unspecified atom stereocenters. The Morgan fingerprint density at radius 3 is 2.53 bits per heavy atom. The minimum absolute atomic E-state index is 0.113. The van der Waals surface area contributed by atoms with Crippen molar-refractivity contribution in [3.63, 3.8) is 0 Å². The van der Waals surface area contributed by atoms with Crippen LogP contribution in [0.4, 0.5) is 0 Å². The van der Waals surface area contributed by atoms with Gasteiger partial charge in [0.2, 0.25) is 0 Å². The zero-order valence-corrected chi connectivity index (χ0v) is 22.7. The summed E-state index contributed by atoms with van der Waals surface area (Å²) in [6.45, 7) is 13.2. The van der Waals surface area contributed by atoms with E-state index in [2.05, 4.69) is 58.7 Å². The smallest absolute Gasteiger partial charge is 0.167 e. The first kappa shape index (κ1) is 25.9. The van der Waals surface area contributed by atoms with Gasteiger partial charge in [-0.15, -0.1) is 0 Å². The van der Waals surface area contributed by atoms with E-state index in [-0.39, 0.29) is 5.78 Å². The van der Waals surface area contributed by atoms with Gasteiger partial charge < -0.3 is 4.90 Å². The molecule has 0 N–H and O–H groups in total. The first-order chi connectivity index (χ1) is 18.5. The molecule has 194 valence electrons. The Labute approximate surface area is 226 Å². The number of piperazine rings is 1. The predicted octanol–water partition coefficient (Wildman–Crippen LogP) is 5.30. The Kier molecular flexibility index (Phi) is 8.03. The number of hydrogen-bond donors (Lipinski definition) is 0. The maximum absolute atomic E-state index is 13.2. The Morgan fingerprint density at radius 2 is 1.74 bits per heavy atom. The number of ketones is 1. The van der Waals surface area contributed by atoms with Crippen LogP contribution in [-0.2, 0) is 13.0 Å². The lowest BCUT2D eigenvalue weighted by atomic mass is 9.96. The van der Waals surface area contributed by atoms with Crippen molar-refractivity contribution in [1.29, 1.82) is 0 Å². The average Bonchev–Trinajstić information content (AvgIpc) is 3.34. The summed E-state index contributed by atoms with van der Waals surface area (Å²) in [6.07, 6.45) is 5.35. The van der Waals surface area contributed by atoms with Gasteiger partial charge in [0.15, 0.2) is 5.78 Å². The van der Waals surface area contributed by atoms with E-state index in [1.807, 2.05) is 53.9 Å². The van der Waals surface area contributed by atoms with E-state index in [1.165, 1.54) is 24.1 Å². The van der Waals surface area contributed by atoms with Crippen LogP contribution in [0.2, 0.25) is 0 Å². The molecule has 0 atom stereocenters. The van der Waals surface area contributed by atoms with Gasteiger partial charge >= 0.3 is 0 Å². The van der Waals surface area contributed by atoms with Crippen molar-refractivity contribution in [3.05, 3.63) is 106 Å². The number of Topliss-reactive ketones (excluding diaryl/α,β-unsaturated/α-hetero) is 1. The van der Waals surface area contributed by atoms with E-state index in [0.717, 1.165) is 60.8 Å². The number of carbonyl (C=O) groups excluding carboxylic acids is 1.